The Morgan fingerprint density at radius 2 is 2.07 bits per heavy atom. The number of hydrogen-bond donors (Lipinski definition) is 2. The SMILES string of the molecule is CCc1c(C)c(C#N)c2nc3ccccc3n2c1NN=Cc1cccc(OC)c1O. The number of fused-ring (bicyclic) bond motifs is 3. The van der Waals surface area contributed by atoms with Crippen LogP contribution in [0.15, 0.2) is 47.6 Å². The van der Waals surface area contributed by atoms with Gasteiger partial charge in [-0.05, 0) is 48.7 Å². The molecule has 30 heavy (non-hydrogen) atoms. The second kappa shape index (κ2) is 7.76. The molecule has 0 spiro atoms. The minimum absolute atomic E-state index is 0.0236. The Labute approximate surface area is 173 Å². The van der Waals surface area contributed by atoms with Crippen molar-refractivity contribution in [2.45, 2.75) is 20.3 Å². The fourth-order valence-electron chi connectivity index (χ4n) is 3.71. The van der Waals surface area contributed by atoms with E-state index in [4.69, 9.17) is 4.74 Å². The van der Waals surface area contributed by atoms with Gasteiger partial charge in [-0.3, -0.25) is 9.83 Å². The van der Waals surface area contributed by atoms with Crippen LogP contribution in [-0.2, 0) is 6.42 Å². The summed E-state index contributed by atoms with van der Waals surface area (Å²) in [5.41, 5.74) is 8.35. The van der Waals surface area contributed by atoms with Crippen LogP contribution in [0, 0.1) is 18.3 Å². The van der Waals surface area contributed by atoms with Gasteiger partial charge in [-0.15, -0.1) is 0 Å². The standard InChI is InChI=1S/C23H21N5O2/c1-4-16-14(2)17(12-24)22-26-18-9-5-6-10-19(18)28(22)23(16)27-25-13-15-8-7-11-20(30-3)21(15)29/h5-11,13,27,29H,4H2,1-3H3. The molecule has 0 bridgehead atoms. The number of aromatic nitrogens is 2. The van der Waals surface area contributed by atoms with E-state index < -0.39 is 0 Å². The smallest absolute Gasteiger partial charge is 0.166 e. The van der Waals surface area contributed by atoms with Crippen LogP contribution in [0.5, 0.6) is 11.5 Å². The maximum atomic E-state index is 10.3. The number of rotatable bonds is 5. The van der Waals surface area contributed by atoms with Crippen LogP contribution < -0.4 is 10.2 Å². The van der Waals surface area contributed by atoms with Crippen molar-refractivity contribution in [3.63, 3.8) is 0 Å². The number of phenolic OH excluding ortho intramolecular Hbond substituents is 1. The average molecular weight is 399 g/mol. The first-order valence-electron chi connectivity index (χ1n) is 9.58. The molecule has 150 valence electrons. The van der Waals surface area contributed by atoms with Crippen LogP contribution >= 0.6 is 0 Å². The van der Waals surface area contributed by atoms with Gasteiger partial charge in [0.2, 0.25) is 0 Å². The minimum atomic E-state index is 0.0236. The Hall–Kier alpha value is -4.05. The van der Waals surface area contributed by atoms with Gasteiger partial charge >= 0.3 is 0 Å². The van der Waals surface area contributed by atoms with Crippen molar-refractivity contribution < 1.29 is 9.84 Å². The molecule has 4 aromatic rings. The van der Waals surface area contributed by atoms with Crippen molar-refractivity contribution >= 4 is 28.7 Å². The molecule has 2 aromatic heterocycles. The molecule has 0 atom stereocenters. The lowest BCUT2D eigenvalue weighted by Crippen LogP contribution is -2.07. The van der Waals surface area contributed by atoms with E-state index in [2.05, 4.69) is 21.6 Å². The molecule has 0 aliphatic rings. The average Bonchev–Trinajstić information content (AvgIpc) is 3.14. The molecule has 2 N–H and O–H groups in total. The molecule has 0 aliphatic heterocycles. The van der Waals surface area contributed by atoms with E-state index in [9.17, 15) is 10.4 Å². The number of imidazole rings is 1. The van der Waals surface area contributed by atoms with Crippen LogP contribution in [0.4, 0.5) is 5.82 Å². The molecule has 0 radical (unpaired) electrons. The van der Waals surface area contributed by atoms with Crippen LogP contribution in [0.2, 0.25) is 0 Å². The number of nitriles is 1. The van der Waals surface area contributed by atoms with Gasteiger partial charge < -0.3 is 9.84 Å². The lowest BCUT2D eigenvalue weighted by Gasteiger charge is -2.15. The molecule has 4 rings (SSSR count). The highest BCUT2D eigenvalue weighted by Crippen LogP contribution is 2.32. The summed E-state index contributed by atoms with van der Waals surface area (Å²) in [6.07, 6.45) is 2.25. The van der Waals surface area contributed by atoms with E-state index in [1.165, 1.54) is 13.3 Å². The zero-order valence-electron chi connectivity index (χ0n) is 17.0. The number of hydrogen-bond acceptors (Lipinski definition) is 6. The molecule has 7 heteroatoms. The Balaban J connectivity index is 1.89. The third kappa shape index (κ3) is 2.99. The predicted molar refractivity (Wildman–Crippen MR) is 117 cm³/mol. The van der Waals surface area contributed by atoms with Crippen LogP contribution in [0.1, 0.15) is 29.2 Å². The number of para-hydroxylation sites is 3. The van der Waals surface area contributed by atoms with Gasteiger partial charge in [0.15, 0.2) is 17.1 Å². The number of pyridine rings is 1. The molecule has 2 aromatic carbocycles. The highest BCUT2D eigenvalue weighted by Gasteiger charge is 2.19. The van der Waals surface area contributed by atoms with Crippen molar-refractivity contribution in [1.82, 2.24) is 9.38 Å². The second-order valence-electron chi connectivity index (χ2n) is 6.82. The summed E-state index contributed by atoms with van der Waals surface area (Å²) in [6, 6.07) is 15.3. The number of benzene rings is 2. The molecule has 0 amide bonds. The summed E-state index contributed by atoms with van der Waals surface area (Å²) in [5.74, 6) is 1.15. The largest absolute Gasteiger partial charge is 0.504 e. The van der Waals surface area contributed by atoms with Crippen LogP contribution in [0.3, 0.4) is 0 Å². The molecule has 0 saturated heterocycles. The molecule has 0 saturated carbocycles. The Kier molecular flexibility index (Phi) is 4.98. The predicted octanol–water partition coefficient (Wildman–Crippen LogP) is 4.39. The number of anilines is 1. The Morgan fingerprint density at radius 1 is 1.27 bits per heavy atom. The van der Waals surface area contributed by atoms with Gasteiger partial charge in [0, 0.05) is 5.56 Å². The van der Waals surface area contributed by atoms with Gasteiger partial charge in [-0.25, -0.2) is 4.98 Å². The van der Waals surface area contributed by atoms with Gasteiger partial charge in [0.05, 0.1) is 29.9 Å². The van der Waals surface area contributed by atoms with E-state index >= 15 is 0 Å². The number of nitrogens with zero attached hydrogens (tertiary/aromatic N) is 4. The minimum Gasteiger partial charge on any atom is -0.504 e. The highest BCUT2D eigenvalue weighted by atomic mass is 16.5. The third-order valence-corrected chi connectivity index (χ3v) is 5.21. The van der Waals surface area contributed by atoms with Gasteiger partial charge in [-0.1, -0.05) is 25.1 Å². The number of hydrazone groups is 1. The van der Waals surface area contributed by atoms with Crippen molar-refractivity contribution in [3.05, 3.63) is 64.7 Å². The maximum Gasteiger partial charge on any atom is 0.166 e. The van der Waals surface area contributed by atoms with E-state index in [0.717, 1.165) is 28.0 Å². The van der Waals surface area contributed by atoms with Crippen LogP contribution in [0.25, 0.3) is 16.7 Å². The third-order valence-electron chi connectivity index (χ3n) is 5.21. The molecule has 2 heterocycles. The molecular weight excluding hydrogens is 378 g/mol. The number of ether oxygens (including phenoxy) is 1. The van der Waals surface area contributed by atoms with Gasteiger partial charge in [0.1, 0.15) is 11.9 Å². The quantitative estimate of drug-likeness (QED) is 0.383. The number of methoxy groups -OCH3 is 1. The second-order valence-corrected chi connectivity index (χ2v) is 6.82. The van der Waals surface area contributed by atoms with Crippen molar-refractivity contribution in [3.8, 4) is 17.6 Å². The van der Waals surface area contributed by atoms with Crippen molar-refractivity contribution in [2.75, 3.05) is 12.5 Å². The van der Waals surface area contributed by atoms with Crippen molar-refractivity contribution in [1.29, 1.82) is 5.26 Å². The summed E-state index contributed by atoms with van der Waals surface area (Å²) in [4.78, 5) is 4.68. The van der Waals surface area contributed by atoms with E-state index in [1.807, 2.05) is 42.5 Å². The number of phenols is 1. The van der Waals surface area contributed by atoms with E-state index in [-0.39, 0.29) is 5.75 Å². The first kappa shape index (κ1) is 19.3. The maximum absolute atomic E-state index is 10.3. The molecule has 0 unspecified atom stereocenters. The molecule has 0 fully saturated rings. The topological polar surface area (TPSA) is 94.9 Å². The normalized spacial score (nSPS) is 11.3. The first-order chi connectivity index (χ1) is 14.6. The fraction of sp³-hybridized carbons (Fsp3) is 0.174. The van der Waals surface area contributed by atoms with Gasteiger partial charge in [-0.2, -0.15) is 10.4 Å². The summed E-state index contributed by atoms with van der Waals surface area (Å²) in [6.45, 7) is 3.97. The van der Waals surface area contributed by atoms with E-state index in [1.54, 1.807) is 18.2 Å². The fourth-order valence-corrected chi connectivity index (χ4v) is 3.71. The summed E-state index contributed by atoms with van der Waals surface area (Å²) in [5, 5.41) is 24.4. The summed E-state index contributed by atoms with van der Waals surface area (Å²) < 4.78 is 7.08. The lowest BCUT2D eigenvalue weighted by atomic mass is 10.0. The van der Waals surface area contributed by atoms with E-state index in [0.29, 0.717) is 28.9 Å². The Bertz CT molecular complexity index is 1330. The van der Waals surface area contributed by atoms with Crippen molar-refractivity contribution in [2.24, 2.45) is 5.10 Å². The summed E-state index contributed by atoms with van der Waals surface area (Å²) >= 11 is 0. The summed E-state index contributed by atoms with van der Waals surface area (Å²) in [7, 11) is 1.50. The molecule has 7 nitrogen and oxygen atoms in total. The monoisotopic (exact) mass is 399 g/mol. The lowest BCUT2D eigenvalue weighted by molar-refractivity contribution is 0.373. The number of aromatic hydroxyl groups is 1. The van der Waals surface area contributed by atoms with Crippen LogP contribution in [-0.4, -0.2) is 27.8 Å². The van der Waals surface area contributed by atoms with Gasteiger partial charge in [0.25, 0.3) is 0 Å². The molecular formula is C23H21N5O2. The zero-order valence-corrected chi connectivity index (χ0v) is 17.0. The Morgan fingerprint density at radius 3 is 2.80 bits per heavy atom. The first-order valence-corrected chi connectivity index (χ1v) is 9.58. The zero-order chi connectivity index (χ0) is 21.3. The number of nitrogens with one attached hydrogen (secondary N) is 1. The molecule has 0 aliphatic carbocycles. The highest BCUT2D eigenvalue weighted by molar-refractivity contribution is 5.87.